The summed E-state index contributed by atoms with van der Waals surface area (Å²) in [5.74, 6) is 0.525. The van der Waals surface area contributed by atoms with Gasteiger partial charge in [-0.2, -0.15) is 0 Å². The summed E-state index contributed by atoms with van der Waals surface area (Å²) in [6, 6.07) is 24.7. The first-order valence-electron chi connectivity index (χ1n) is 12.3. The third-order valence-corrected chi connectivity index (χ3v) is 6.34. The number of ether oxygens (including phenoxy) is 1. The molecular formula is C31H32F2O. The van der Waals surface area contributed by atoms with Crippen molar-refractivity contribution in [1.82, 2.24) is 0 Å². The van der Waals surface area contributed by atoms with E-state index in [1.165, 1.54) is 36.1 Å². The predicted octanol–water partition coefficient (Wildman–Crippen LogP) is 8.26. The van der Waals surface area contributed by atoms with Crippen LogP contribution in [0.2, 0.25) is 0 Å². The van der Waals surface area contributed by atoms with Crippen molar-refractivity contribution in [1.29, 1.82) is 0 Å². The first kappa shape index (κ1) is 23.9. The molecule has 34 heavy (non-hydrogen) atoms. The summed E-state index contributed by atoms with van der Waals surface area (Å²) < 4.78 is 34.0. The van der Waals surface area contributed by atoms with Crippen LogP contribution in [0.1, 0.15) is 48.4 Å². The number of hydrogen-bond acceptors (Lipinski definition) is 1. The Bertz CT molecular complexity index is 1200. The summed E-state index contributed by atoms with van der Waals surface area (Å²) in [5, 5.41) is 1.58. The normalized spacial score (nSPS) is 11.1. The average molecular weight is 459 g/mol. The van der Waals surface area contributed by atoms with Gasteiger partial charge in [-0.25, -0.2) is 8.78 Å². The van der Waals surface area contributed by atoms with Gasteiger partial charge in [0.1, 0.15) is 17.4 Å². The van der Waals surface area contributed by atoms with Crippen LogP contribution in [0.25, 0.3) is 10.8 Å². The maximum absolute atomic E-state index is 15.1. The summed E-state index contributed by atoms with van der Waals surface area (Å²) in [6.07, 6.45) is 6.60. The minimum atomic E-state index is -0.250. The molecule has 4 aromatic rings. The van der Waals surface area contributed by atoms with Gasteiger partial charge in [0, 0.05) is 5.39 Å². The molecule has 0 unspecified atom stereocenters. The summed E-state index contributed by atoms with van der Waals surface area (Å²) in [4.78, 5) is 0. The van der Waals surface area contributed by atoms with E-state index in [1.54, 1.807) is 12.1 Å². The van der Waals surface area contributed by atoms with E-state index in [0.29, 0.717) is 23.8 Å². The topological polar surface area (TPSA) is 9.23 Å². The summed E-state index contributed by atoms with van der Waals surface area (Å²) in [7, 11) is 0. The molecule has 4 rings (SSSR count). The average Bonchev–Trinajstić information content (AvgIpc) is 2.87. The lowest BCUT2D eigenvalue weighted by molar-refractivity contribution is 0.306. The van der Waals surface area contributed by atoms with E-state index in [-0.39, 0.29) is 11.6 Å². The van der Waals surface area contributed by atoms with E-state index in [1.807, 2.05) is 36.4 Å². The molecule has 0 saturated heterocycles. The molecule has 0 fully saturated rings. The van der Waals surface area contributed by atoms with E-state index < -0.39 is 0 Å². The first-order valence-corrected chi connectivity index (χ1v) is 12.3. The fraction of sp³-hybridized carbons (Fsp3) is 0.290. The van der Waals surface area contributed by atoms with Gasteiger partial charge < -0.3 is 4.74 Å². The Morgan fingerprint density at radius 1 is 0.647 bits per heavy atom. The van der Waals surface area contributed by atoms with Gasteiger partial charge >= 0.3 is 0 Å². The Labute approximate surface area is 201 Å². The van der Waals surface area contributed by atoms with Crippen LogP contribution >= 0.6 is 0 Å². The minimum absolute atomic E-state index is 0.152. The molecular weight excluding hydrogens is 426 g/mol. The zero-order valence-electron chi connectivity index (χ0n) is 19.8. The van der Waals surface area contributed by atoms with Crippen LogP contribution in [0.4, 0.5) is 8.78 Å². The molecule has 1 nitrogen and oxygen atoms in total. The number of rotatable bonds is 11. The second-order valence-electron chi connectivity index (χ2n) is 8.92. The highest BCUT2D eigenvalue weighted by Crippen LogP contribution is 2.24. The van der Waals surface area contributed by atoms with Gasteiger partial charge in [0.05, 0.1) is 6.61 Å². The van der Waals surface area contributed by atoms with Crippen molar-refractivity contribution >= 4 is 10.8 Å². The number of fused-ring (bicyclic) bond motifs is 1. The monoisotopic (exact) mass is 458 g/mol. The lowest BCUT2D eigenvalue weighted by Gasteiger charge is -2.10. The summed E-state index contributed by atoms with van der Waals surface area (Å²) in [6.45, 7) is 2.96. The molecule has 0 aliphatic rings. The van der Waals surface area contributed by atoms with E-state index in [2.05, 4.69) is 25.1 Å². The number of hydrogen-bond donors (Lipinski definition) is 0. The third kappa shape index (κ3) is 6.44. The largest absolute Gasteiger partial charge is 0.494 e. The molecule has 0 heterocycles. The minimum Gasteiger partial charge on any atom is -0.494 e. The van der Waals surface area contributed by atoms with E-state index in [9.17, 15) is 4.39 Å². The number of unbranched alkanes of at least 4 members (excludes halogenated alkanes) is 2. The van der Waals surface area contributed by atoms with Crippen LogP contribution in [0.15, 0.2) is 78.9 Å². The predicted molar refractivity (Wildman–Crippen MR) is 137 cm³/mol. The molecule has 0 N–H and O–H groups in total. The van der Waals surface area contributed by atoms with Crippen LogP contribution in [-0.4, -0.2) is 6.61 Å². The Morgan fingerprint density at radius 2 is 1.29 bits per heavy atom. The van der Waals surface area contributed by atoms with Crippen molar-refractivity contribution in [3.63, 3.8) is 0 Å². The Morgan fingerprint density at radius 3 is 2.03 bits per heavy atom. The Balaban J connectivity index is 1.35. The number of aryl methyl sites for hydroxylation is 4. The van der Waals surface area contributed by atoms with E-state index in [4.69, 9.17) is 4.74 Å². The van der Waals surface area contributed by atoms with E-state index in [0.717, 1.165) is 42.6 Å². The van der Waals surface area contributed by atoms with Gasteiger partial charge in [-0.3, -0.25) is 0 Å². The van der Waals surface area contributed by atoms with Crippen LogP contribution in [0.5, 0.6) is 5.75 Å². The molecule has 0 atom stereocenters. The van der Waals surface area contributed by atoms with Crippen molar-refractivity contribution in [3.05, 3.63) is 113 Å². The maximum Gasteiger partial charge on any atom is 0.134 e. The molecule has 0 aliphatic heterocycles. The summed E-state index contributed by atoms with van der Waals surface area (Å²) >= 11 is 0. The van der Waals surface area contributed by atoms with Gasteiger partial charge in [0.2, 0.25) is 0 Å². The van der Waals surface area contributed by atoms with E-state index >= 15 is 4.39 Å². The number of benzene rings is 4. The molecule has 0 saturated carbocycles. The number of halogens is 2. The highest BCUT2D eigenvalue weighted by atomic mass is 19.1. The quantitative estimate of drug-likeness (QED) is 0.206. The van der Waals surface area contributed by atoms with Gasteiger partial charge in [-0.05, 0) is 84.0 Å². The van der Waals surface area contributed by atoms with Crippen molar-refractivity contribution < 1.29 is 13.5 Å². The molecule has 3 heteroatoms. The highest BCUT2D eigenvalue weighted by molar-refractivity contribution is 5.84. The van der Waals surface area contributed by atoms with Crippen molar-refractivity contribution in [2.75, 3.05) is 6.61 Å². The molecule has 0 radical (unpaired) electrons. The van der Waals surface area contributed by atoms with Crippen LogP contribution < -0.4 is 4.74 Å². The van der Waals surface area contributed by atoms with Gasteiger partial charge in [-0.1, -0.05) is 74.4 Å². The Kier molecular flexibility index (Phi) is 8.30. The van der Waals surface area contributed by atoms with Gasteiger partial charge in [0.15, 0.2) is 0 Å². The SMILES string of the molecule is CCCCCOc1ccc(CCc2ccc3c(F)c(CCc4ccc(F)cc4)ccc3c2)cc1. The fourth-order valence-electron chi connectivity index (χ4n) is 4.25. The van der Waals surface area contributed by atoms with Gasteiger partial charge in [-0.15, -0.1) is 0 Å². The Hall–Kier alpha value is -3.20. The highest BCUT2D eigenvalue weighted by Gasteiger charge is 2.09. The molecule has 0 amide bonds. The maximum atomic E-state index is 15.1. The lowest BCUT2D eigenvalue weighted by Crippen LogP contribution is -1.98. The van der Waals surface area contributed by atoms with Crippen LogP contribution in [0, 0.1) is 11.6 Å². The van der Waals surface area contributed by atoms with Crippen molar-refractivity contribution in [3.8, 4) is 5.75 Å². The third-order valence-electron chi connectivity index (χ3n) is 6.34. The van der Waals surface area contributed by atoms with Gasteiger partial charge in [0.25, 0.3) is 0 Å². The molecule has 0 aromatic heterocycles. The van der Waals surface area contributed by atoms with Crippen molar-refractivity contribution in [2.24, 2.45) is 0 Å². The fourth-order valence-corrected chi connectivity index (χ4v) is 4.25. The standard InChI is InChI=1S/C31H32F2O/c1-2-3-4-21-34-29-18-10-23(11-19-29)5-6-25-12-20-30-27(22-25)15-14-26(31(30)33)13-7-24-8-16-28(32)17-9-24/h8-12,14-20,22H,2-7,13,21H2,1H3. The van der Waals surface area contributed by atoms with Crippen LogP contribution in [0.3, 0.4) is 0 Å². The van der Waals surface area contributed by atoms with Crippen LogP contribution in [-0.2, 0) is 25.7 Å². The zero-order valence-corrected chi connectivity index (χ0v) is 19.8. The second kappa shape index (κ2) is 11.8. The smallest absolute Gasteiger partial charge is 0.134 e. The molecule has 0 spiro atoms. The lowest BCUT2D eigenvalue weighted by atomic mass is 9.97. The molecule has 176 valence electrons. The van der Waals surface area contributed by atoms with Crippen molar-refractivity contribution in [2.45, 2.75) is 51.9 Å². The molecule has 0 aliphatic carbocycles. The zero-order chi connectivity index (χ0) is 23.8. The molecule has 4 aromatic carbocycles. The first-order chi connectivity index (χ1) is 16.6. The second-order valence-corrected chi connectivity index (χ2v) is 8.92. The molecule has 0 bridgehead atoms. The summed E-state index contributed by atoms with van der Waals surface area (Å²) in [5.41, 5.74) is 4.17.